The minimum Gasteiger partial charge on any atom is -0.393 e. The number of likely N-dealkylation sites (tertiary alicyclic amines) is 1. The number of carbonyl (C=O) groups is 1. The SMILES string of the molecule is CC(C)C(CC[C@H](O)C[C@H](C)N)C(=O)NCCCN1CCCCC1. The Hall–Kier alpha value is -0.650. The molecule has 0 aromatic heterocycles. The van der Waals surface area contributed by atoms with Crippen LogP contribution in [0.3, 0.4) is 0 Å². The van der Waals surface area contributed by atoms with Crippen LogP contribution in [0.25, 0.3) is 0 Å². The number of amides is 1. The molecule has 4 N–H and O–H groups in total. The van der Waals surface area contributed by atoms with Crippen molar-refractivity contribution in [1.82, 2.24) is 10.2 Å². The monoisotopic (exact) mass is 341 g/mol. The second-order valence-corrected chi connectivity index (χ2v) is 7.84. The average molecular weight is 342 g/mol. The molecule has 1 saturated heterocycles. The highest BCUT2D eigenvalue weighted by atomic mass is 16.3. The van der Waals surface area contributed by atoms with Crippen LogP contribution in [0, 0.1) is 11.8 Å². The van der Waals surface area contributed by atoms with Gasteiger partial charge in [0.2, 0.25) is 5.91 Å². The molecule has 0 aromatic carbocycles. The van der Waals surface area contributed by atoms with E-state index in [9.17, 15) is 9.90 Å². The summed E-state index contributed by atoms with van der Waals surface area (Å²) in [5.41, 5.74) is 5.72. The molecule has 1 amide bonds. The zero-order valence-corrected chi connectivity index (χ0v) is 16.0. The van der Waals surface area contributed by atoms with Crippen LogP contribution in [0.2, 0.25) is 0 Å². The summed E-state index contributed by atoms with van der Waals surface area (Å²) >= 11 is 0. The van der Waals surface area contributed by atoms with Gasteiger partial charge in [0.25, 0.3) is 0 Å². The molecule has 24 heavy (non-hydrogen) atoms. The van der Waals surface area contributed by atoms with Crippen molar-refractivity contribution in [3.05, 3.63) is 0 Å². The number of carbonyl (C=O) groups excluding carboxylic acids is 1. The van der Waals surface area contributed by atoms with Crippen LogP contribution in [0.4, 0.5) is 0 Å². The largest absolute Gasteiger partial charge is 0.393 e. The van der Waals surface area contributed by atoms with Crippen molar-refractivity contribution in [2.45, 2.75) is 77.9 Å². The van der Waals surface area contributed by atoms with Crippen molar-refractivity contribution in [2.75, 3.05) is 26.2 Å². The number of hydrogen-bond acceptors (Lipinski definition) is 4. The van der Waals surface area contributed by atoms with Crippen molar-refractivity contribution in [3.63, 3.8) is 0 Å². The highest BCUT2D eigenvalue weighted by molar-refractivity contribution is 5.78. The molecule has 3 atom stereocenters. The third-order valence-corrected chi connectivity index (χ3v) is 5.00. The molecule has 5 heteroatoms. The molecule has 0 radical (unpaired) electrons. The van der Waals surface area contributed by atoms with Crippen molar-refractivity contribution in [3.8, 4) is 0 Å². The van der Waals surface area contributed by atoms with Crippen LogP contribution in [0.1, 0.15) is 65.7 Å². The maximum atomic E-state index is 12.4. The first-order valence-corrected chi connectivity index (χ1v) is 9.83. The van der Waals surface area contributed by atoms with Gasteiger partial charge in [-0.05, 0) is 71.0 Å². The van der Waals surface area contributed by atoms with Crippen LogP contribution < -0.4 is 11.1 Å². The first kappa shape index (κ1) is 21.4. The highest BCUT2D eigenvalue weighted by Gasteiger charge is 2.23. The molecule has 1 rings (SSSR count). The summed E-state index contributed by atoms with van der Waals surface area (Å²) < 4.78 is 0. The fourth-order valence-corrected chi connectivity index (χ4v) is 3.51. The highest BCUT2D eigenvalue weighted by Crippen LogP contribution is 2.19. The topological polar surface area (TPSA) is 78.6 Å². The molecule has 0 aliphatic carbocycles. The van der Waals surface area contributed by atoms with Gasteiger partial charge in [-0.3, -0.25) is 4.79 Å². The minimum atomic E-state index is -0.404. The summed E-state index contributed by atoms with van der Waals surface area (Å²) in [5, 5.41) is 13.1. The number of aliphatic hydroxyl groups is 1. The summed E-state index contributed by atoms with van der Waals surface area (Å²) in [5.74, 6) is 0.397. The fraction of sp³-hybridized carbons (Fsp3) is 0.947. The molecule has 0 bridgehead atoms. The molecule has 1 aliphatic rings. The third kappa shape index (κ3) is 9.00. The Bertz CT molecular complexity index is 342. The van der Waals surface area contributed by atoms with Gasteiger partial charge in [0.15, 0.2) is 0 Å². The Morgan fingerprint density at radius 2 is 1.83 bits per heavy atom. The van der Waals surface area contributed by atoms with E-state index < -0.39 is 6.10 Å². The van der Waals surface area contributed by atoms with E-state index in [1.807, 2.05) is 6.92 Å². The Morgan fingerprint density at radius 1 is 1.17 bits per heavy atom. The molecular weight excluding hydrogens is 302 g/mol. The minimum absolute atomic E-state index is 0.00103. The summed E-state index contributed by atoms with van der Waals surface area (Å²) in [7, 11) is 0. The Balaban J connectivity index is 2.24. The third-order valence-electron chi connectivity index (χ3n) is 5.00. The van der Waals surface area contributed by atoms with Crippen LogP contribution in [0.5, 0.6) is 0 Å². The van der Waals surface area contributed by atoms with E-state index in [0.29, 0.717) is 12.8 Å². The molecule has 0 aromatic rings. The molecular formula is C19H39N3O2. The lowest BCUT2D eigenvalue weighted by atomic mass is 9.88. The zero-order chi connectivity index (χ0) is 17.9. The molecule has 142 valence electrons. The molecule has 5 nitrogen and oxygen atoms in total. The van der Waals surface area contributed by atoms with Crippen LogP contribution in [0.15, 0.2) is 0 Å². The van der Waals surface area contributed by atoms with Gasteiger partial charge >= 0.3 is 0 Å². The maximum absolute atomic E-state index is 12.4. The average Bonchev–Trinajstić information content (AvgIpc) is 2.51. The summed E-state index contributed by atoms with van der Waals surface area (Å²) in [4.78, 5) is 14.9. The first-order chi connectivity index (χ1) is 11.4. The standard InChI is InChI=1S/C19H39N3O2/c1-15(2)18(9-8-17(23)14-16(3)20)19(24)21-10-7-13-22-11-5-4-6-12-22/h15-18,23H,4-14,20H2,1-3H3,(H,21,24)/t16-,17-,18?/m0/s1. The van der Waals surface area contributed by atoms with Gasteiger partial charge < -0.3 is 21.1 Å². The summed E-state index contributed by atoms with van der Waals surface area (Å²) in [6, 6.07) is 0.00103. The number of piperidine rings is 1. The Labute approximate surface area is 148 Å². The number of aliphatic hydroxyl groups excluding tert-OH is 1. The second kappa shape index (κ2) is 11.8. The van der Waals surface area contributed by atoms with E-state index >= 15 is 0 Å². The van der Waals surface area contributed by atoms with Crippen LogP contribution >= 0.6 is 0 Å². The maximum Gasteiger partial charge on any atom is 0.223 e. The lowest BCUT2D eigenvalue weighted by Crippen LogP contribution is -2.37. The lowest BCUT2D eigenvalue weighted by molar-refractivity contribution is -0.126. The smallest absolute Gasteiger partial charge is 0.223 e. The van der Waals surface area contributed by atoms with Crippen LogP contribution in [-0.2, 0) is 4.79 Å². The van der Waals surface area contributed by atoms with E-state index in [1.54, 1.807) is 0 Å². The Kier molecular flexibility index (Phi) is 10.5. The predicted molar refractivity (Wildman–Crippen MR) is 99.8 cm³/mol. The van der Waals surface area contributed by atoms with Crippen molar-refractivity contribution < 1.29 is 9.90 Å². The van der Waals surface area contributed by atoms with Gasteiger partial charge in [0.1, 0.15) is 0 Å². The first-order valence-electron chi connectivity index (χ1n) is 9.83. The van der Waals surface area contributed by atoms with Crippen LogP contribution in [-0.4, -0.2) is 54.2 Å². The fourth-order valence-electron chi connectivity index (χ4n) is 3.51. The van der Waals surface area contributed by atoms with E-state index in [2.05, 4.69) is 24.1 Å². The summed E-state index contributed by atoms with van der Waals surface area (Å²) in [6.07, 6.45) is 6.56. The van der Waals surface area contributed by atoms with E-state index in [-0.39, 0.29) is 23.8 Å². The quantitative estimate of drug-likeness (QED) is 0.503. The van der Waals surface area contributed by atoms with Gasteiger partial charge in [0.05, 0.1) is 6.10 Å². The molecule has 0 saturated carbocycles. The molecule has 0 spiro atoms. The van der Waals surface area contributed by atoms with Gasteiger partial charge in [-0.15, -0.1) is 0 Å². The lowest BCUT2D eigenvalue weighted by Gasteiger charge is -2.26. The van der Waals surface area contributed by atoms with E-state index in [1.165, 1.54) is 32.4 Å². The van der Waals surface area contributed by atoms with Gasteiger partial charge in [-0.25, -0.2) is 0 Å². The number of nitrogens with two attached hydrogens (primary N) is 1. The number of nitrogens with zero attached hydrogens (tertiary/aromatic N) is 1. The number of nitrogens with one attached hydrogen (secondary N) is 1. The van der Waals surface area contributed by atoms with Gasteiger partial charge in [-0.1, -0.05) is 20.3 Å². The molecule has 1 heterocycles. The Morgan fingerprint density at radius 3 is 2.42 bits per heavy atom. The number of rotatable bonds is 11. The van der Waals surface area contributed by atoms with E-state index in [0.717, 1.165) is 25.9 Å². The molecule has 1 unspecified atom stereocenters. The van der Waals surface area contributed by atoms with Gasteiger partial charge in [0, 0.05) is 18.5 Å². The van der Waals surface area contributed by atoms with E-state index in [4.69, 9.17) is 5.73 Å². The zero-order valence-electron chi connectivity index (χ0n) is 16.0. The normalized spacial score (nSPS) is 19.9. The summed E-state index contributed by atoms with van der Waals surface area (Å²) in [6.45, 7) is 10.3. The second-order valence-electron chi connectivity index (χ2n) is 7.84. The number of hydrogen-bond donors (Lipinski definition) is 3. The van der Waals surface area contributed by atoms with Crippen molar-refractivity contribution in [1.29, 1.82) is 0 Å². The predicted octanol–water partition coefficient (Wildman–Crippen LogP) is 2.13. The van der Waals surface area contributed by atoms with Crippen molar-refractivity contribution in [2.24, 2.45) is 17.6 Å². The van der Waals surface area contributed by atoms with Gasteiger partial charge in [-0.2, -0.15) is 0 Å². The molecule has 1 fully saturated rings. The molecule has 1 aliphatic heterocycles. The van der Waals surface area contributed by atoms with Crippen molar-refractivity contribution >= 4 is 5.91 Å².